The molecule has 0 aliphatic heterocycles. The van der Waals surface area contributed by atoms with E-state index in [1.807, 2.05) is 24.3 Å². The standard InChI is InChI=1S/C34H60N2O2/c1-3-5-7-8-9-10-11-12-13-14-15-16-17-18-19-20-21-22-24-29-34(38)36-32-27-25-26-31(30-32)35-33(37)28-23-6-4-2/h25-27,30H,3-24,28-29H2,1-2H3,(H,35,37)(H,36,38). The zero-order valence-corrected chi connectivity index (χ0v) is 25.1. The van der Waals surface area contributed by atoms with Gasteiger partial charge in [-0.15, -0.1) is 0 Å². The van der Waals surface area contributed by atoms with Crippen molar-refractivity contribution < 1.29 is 9.59 Å². The molecular weight excluding hydrogens is 468 g/mol. The first-order chi connectivity index (χ1) is 18.7. The monoisotopic (exact) mass is 528 g/mol. The van der Waals surface area contributed by atoms with Crippen LogP contribution in [-0.4, -0.2) is 11.8 Å². The van der Waals surface area contributed by atoms with Crippen LogP contribution in [0.5, 0.6) is 0 Å². The van der Waals surface area contributed by atoms with Gasteiger partial charge in [0, 0.05) is 24.2 Å². The molecule has 0 radical (unpaired) electrons. The van der Waals surface area contributed by atoms with Crippen LogP contribution in [0.3, 0.4) is 0 Å². The number of nitrogens with one attached hydrogen (secondary N) is 2. The van der Waals surface area contributed by atoms with E-state index in [2.05, 4.69) is 24.5 Å². The van der Waals surface area contributed by atoms with Gasteiger partial charge >= 0.3 is 0 Å². The number of hydrogen-bond donors (Lipinski definition) is 2. The summed E-state index contributed by atoms with van der Waals surface area (Å²) < 4.78 is 0. The Morgan fingerprint density at radius 1 is 0.474 bits per heavy atom. The highest BCUT2D eigenvalue weighted by Crippen LogP contribution is 2.18. The Morgan fingerprint density at radius 3 is 1.13 bits per heavy atom. The van der Waals surface area contributed by atoms with Gasteiger partial charge in [-0.25, -0.2) is 0 Å². The van der Waals surface area contributed by atoms with Crippen molar-refractivity contribution in [2.75, 3.05) is 10.6 Å². The zero-order chi connectivity index (χ0) is 27.5. The molecule has 4 heteroatoms. The number of carbonyl (C=O) groups excluding carboxylic acids is 2. The lowest BCUT2D eigenvalue weighted by molar-refractivity contribution is -0.117. The molecule has 0 aliphatic carbocycles. The maximum atomic E-state index is 12.3. The van der Waals surface area contributed by atoms with Crippen molar-refractivity contribution in [2.45, 2.75) is 168 Å². The Balaban J connectivity index is 1.91. The normalized spacial score (nSPS) is 11.0. The number of hydrogen-bond acceptors (Lipinski definition) is 2. The Kier molecular flexibility index (Phi) is 22.9. The second kappa shape index (κ2) is 25.4. The Labute approximate surface area is 235 Å². The molecule has 1 rings (SSSR count). The molecule has 0 saturated heterocycles. The van der Waals surface area contributed by atoms with E-state index in [-0.39, 0.29) is 11.8 Å². The van der Waals surface area contributed by atoms with Crippen LogP contribution in [0, 0.1) is 0 Å². The van der Waals surface area contributed by atoms with Crippen molar-refractivity contribution >= 4 is 23.2 Å². The SMILES string of the molecule is CCCCCCCCCCCCCCCCCCCCCC(=O)Nc1cccc(NC(=O)CCCCC)c1. The largest absolute Gasteiger partial charge is 0.326 e. The molecule has 0 heterocycles. The van der Waals surface area contributed by atoms with E-state index in [9.17, 15) is 9.59 Å². The number of benzene rings is 1. The van der Waals surface area contributed by atoms with Crippen molar-refractivity contribution in [3.8, 4) is 0 Å². The highest BCUT2D eigenvalue weighted by Gasteiger charge is 2.06. The minimum absolute atomic E-state index is 0.0380. The van der Waals surface area contributed by atoms with Crippen molar-refractivity contribution in [1.29, 1.82) is 0 Å². The maximum Gasteiger partial charge on any atom is 0.224 e. The summed E-state index contributed by atoms with van der Waals surface area (Å²) in [6, 6.07) is 7.45. The Hall–Kier alpha value is -1.84. The average Bonchev–Trinajstić information content (AvgIpc) is 2.90. The lowest BCUT2D eigenvalue weighted by atomic mass is 10.0. The Morgan fingerprint density at radius 2 is 0.763 bits per heavy atom. The quantitative estimate of drug-likeness (QED) is 0.117. The summed E-state index contributed by atoms with van der Waals surface area (Å²) in [5, 5.41) is 5.91. The highest BCUT2D eigenvalue weighted by molar-refractivity contribution is 5.94. The molecule has 0 fully saturated rings. The third-order valence-electron chi connectivity index (χ3n) is 7.44. The third-order valence-corrected chi connectivity index (χ3v) is 7.44. The number of amides is 2. The van der Waals surface area contributed by atoms with Crippen LogP contribution >= 0.6 is 0 Å². The molecule has 2 amide bonds. The minimum atomic E-state index is 0.0380. The topological polar surface area (TPSA) is 58.2 Å². The fourth-order valence-electron chi connectivity index (χ4n) is 5.02. The molecule has 0 bridgehead atoms. The van der Waals surface area contributed by atoms with Gasteiger partial charge in [0.2, 0.25) is 11.8 Å². The fraction of sp³-hybridized carbons (Fsp3) is 0.765. The molecule has 0 spiro atoms. The Bertz CT molecular complexity index is 703. The summed E-state index contributed by atoms with van der Waals surface area (Å²) in [5.41, 5.74) is 1.49. The molecule has 2 N–H and O–H groups in total. The van der Waals surface area contributed by atoms with Crippen molar-refractivity contribution in [2.24, 2.45) is 0 Å². The molecule has 0 atom stereocenters. The van der Waals surface area contributed by atoms with Gasteiger partial charge in [0.25, 0.3) is 0 Å². The summed E-state index contributed by atoms with van der Waals surface area (Å²) in [7, 11) is 0. The average molecular weight is 529 g/mol. The maximum absolute atomic E-state index is 12.3. The number of rotatable bonds is 26. The van der Waals surface area contributed by atoms with Gasteiger partial charge < -0.3 is 10.6 Å². The van der Waals surface area contributed by atoms with E-state index in [1.165, 1.54) is 109 Å². The second-order valence-electron chi connectivity index (χ2n) is 11.2. The van der Waals surface area contributed by atoms with Crippen LogP contribution in [0.1, 0.15) is 168 Å². The van der Waals surface area contributed by atoms with Gasteiger partial charge in [0.15, 0.2) is 0 Å². The van der Waals surface area contributed by atoms with Crippen LogP contribution in [0.2, 0.25) is 0 Å². The van der Waals surface area contributed by atoms with E-state index in [0.717, 1.165) is 43.5 Å². The number of anilines is 2. The van der Waals surface area contributed by atoms with Crippen LogP contribution in [-0.2, 0) is 9.59 Å². The summed E-state index contributed by atoms with van der Waals surface area (Å²) in [6.07, 6.45) is 30.0. The lowest BCUT2D eigenvalue weighted by Crippen LogP contribution is -2.13. The first kappa shape index (κ1) is 34.2. The predicted octanol–water partition coefficient (Wildman–Crippen LogP) is 11.0. The van der Waals surface area contributed by atoms with Gasteiger partial charge in [0.05, 0.1) is 0 Å². The van der Waals surface area contributed by atoms with Crippen LogP contribution in [0.4, 0.5) is 11.4 Å². The van der Waals surface area contributed by atoms with E-state index < -0.39 is 0 Å². The van der Waals surface area contributed by atoms with Gasteiger partial charge in [-0.1, -0.05) is 148 Å². The van der Waals surface area contributed by atoms with E-state index >= 15 is 0 Å². The van der Waals surface area contributed by atoms with Gasteiger partial charge in [-0.3, -0.25) is 9.59 Å². The molecule has 0 aliphatic rings. The summed E-state index contributed by atoms with van der Waals surface area (Å²) >= 11 is 0. The minimum Gasteiger partial charge on any atom is -0.326 e. The zero-order valence-electron chi connectivity index (χ0n) is 25.1. The van der Waals surface area contributed by atoms with Crippen molar-refractivity contribution in [3.05, 3.63) is 24.3 Å². The van der Waals surface area contributed by atoms with E-state index in [4.69, 9.17) is 0 Å². The smallest absolute Gasteiger partial charge is 0.224 e. The molecule has 1 aromatic carbocycles. The molecule has 38 heavy (non-hydrogen) atoms. The van der Waals surface area contributed by atoms with Crippen molar-refractivity contribution in [1.82, 2.24) is 0 Å². The highest BCUT2D eigenvalue weighted by atomic mass is 16.2. The summed E-state index contributed by atoms with van der Waals surface area (Å²) in [4.78, 5) is 24.3. The summed E-state index contributed by atoms with van der Waals surface area (Å²) in [6.45, 7) is 4.42. The molecule has 218 valence electrons. The van der Waals surface area contributed by atoms with E-state index in [1.54, 1.807) is 0 Å². The molecule has 0 saturated carbocycles. The first-order valence-corrected chi connectivity index (χ1v) is 16.4. The van der Waals surface area contributed by atoms with Gasteiger partial charge in [-0.2, -0.15) is 0 Å². The molecule has 0 aromatic heterocycles. The van der Waals surface area contributed by atoms with Crippen LogP contribution < -0.4 is 10.6 Å². The van der Waals surface area contributed by atoms with Crippen LogP contribution in [0.25, 0.3) is 0 Å². The molecule has 0 unspecified atom stereocenters. The van der Waals surface area contributed by atoms with Crippen molar-refractivity contribution in [3.63, 3.8) is 0 Å². The molecular formula is C34H60N2O2. The number of carbonyl (C=O) groups is 2. The lowest BCUT2D eigenvalue weighted by Gasteiger charge is -2.09. The second-order valence-corrected chi connectivity index (χ2v) is 11.2. The van der Waals surface area contributed by atoms with Crippen LogP contribution in [0.15, 0.2) is 24.3 Å². The first-order valence-electron chi connectivity index (χ1n) is 16.4. The van der Waals surface area contributed by atoms with Gasteiger partial charge in [-0.05, 0) is 31.0 Å². The van der Waals surface area contributed by atoms with Gasteiger partial charge in [0.1, 0.15) is 0 Å². The summed E-state index contributed by atoms with van der Waals surface area (Å²) in [5.74, 6) is 0.0967. The number of unbranched alkanes of at least 4 members (excludes halogenated alkanes) is 20. The fourth-order valence-corrected chi connectivity index (χ4v) is 5.02. The molecule has 1 aromatic rings. The van der Waals surface area contributed by atoms with E-state index in [0.29, 0.717) is 12.8 Å². The third kappa shape index (κ3) is 21.1. The molecule has 4 nitrogen and oxygen atoms in total. The predicted molar refractivity (Wildman–Crippen MR) is 166 cm³/mol.